The second-order valence-corrected chi connectivity index (χ2v) is 7.06. The van der Waals surface area contributed by atoms with Crippen LogP contribution in [0.1, 0.15) is 35.5 Å². The van der Waals surface area contributed by atoms with Gasteiger partial charge in [0.05, 0.1) is 22.6 Å². The van der Waals surface area contributed by atoms with Gasteiger partial charge in [0, 0.05) is 19.2 Å². The molecule has 3 heterocycles. The average molecular weight is 391 g/mol. The van der Waals surface area contributed by atoms with E-state index in [4.69, 9.17) is 9.47 Å². The minimum atomic E-state index is -0.366. The Morgan fingerprint density at radius 1 is 1.38 bits per heavy atom. The number of anilines is 1. The molecule has 3 atom stereocenters. The minimum Gasteiger partial charge on any atom is -0.459 e. The van der Waals surface area contributed by atoms with Gasteiger partial charge in [0.2, 0.25) is 0 Å². The molecular formula is C21H21N5O3. The zero-order valence-corrected chi connectivity index (χ0v) is 16.2. The van der Waals surface area contributed by atoms with E-state index >= 15 is 0 Å². The number of nitrogens with one attached hydrogen (secondary N) is 1. The van der Waals surface area contributed by atoms with Crippen molar-refractivity contribution < 1.29 is 14.3 Å². The highest BCUT2D eigenvalue weighted by Crippen LogP contribution is 2.38. The highest BCUT2D eigenvalue weighted by atomic mass is 16.6. The Hall–Kier alpha value is -3.44. The maximum atomic E-state index is 12.2. The summed E-state index contributed by atoms with van der Waals surface area (Å²) in [6.07, 6.45) is 3.42. The zero-order chi connectivity index (χ0) is 20.4. The van der Waals surface area contributed by atoms with Gasteiger partial charge in [0.15, 0.2) is 0 Å². The van der Waals surface area contributed by atoms with Crippen molar-refractivity contribution in [2.24, 2.45) is 5.92 Å². The Kier molecular flexibility index (Phi) is 5.14. The lowest BCUT2D eigenvalue weighted by Gasteiger charge is -2.18. The molecule has 1 aromatic carbocycles. The molecule has 8 nitrogen and oxygen atoms in total. The number of rotatable bonds is 5. The first-order chi connectivity index (χ1) is 14.1. The smallest absolute Gasteiger partial charge is 0.338 e. The number of hydrogen-bond donors (Lipinski definition) is 1. The third-order valence-corrected chi connectivity index (χ3v) is 5.10. The summed E-state index contributed by atoms with van der Waals surface area (Å²) < 4.78 is 13.5. The molecule has 0 aliphatic carbocycles. The van der Waals surface area contributed by atoms with E-state index in [-0.39, 0.29) is 30.8 Å². The third-order valence-electron chi connectivity index (χ3n) is 5.10. The van der Waals surface area contributed by atoms with Crippen molar-refractivity contribution in [3.63, 3.8) is 0 Å². The molecule has 0 spiro atoms. The number of aromatic nitrogens is 3. The Morgan fingerprint density at radius 2 is 2.17 bits per heavy atom. The highest BCUT2D eigenvalue weighted by molar-refractivity contribution is 5.93. The first kappa shape index (κ1) is 18.9. The Morgan fingerprint density at radius 3 is 2.90 bits per heavy atom. The molecule has 0 bridgehead atoms. The van der Waals surface area contributed by atoms with Gasteiger partial charge in [0.25, 0.3) is 0 Å². The van der Waals surface area contributed by atoms with Crippen LogP contribution in [0.25, 0.3) is 11.0 Å². The summed E-state index contributed by atoms with van der Waals surface area (Å²) in [5.41, 5.74) is 1.64. The molecule has 1 saturated heterocycles. The molecule has 1 N–H and O–H groups in total. The summed E-state index contributed by atoms with van der Waals surface area (Å²) in [4.78, 5) is 20.8. The van der Waals surface area contributed by atoms with Gasteiger partial charge in [-0.25, -0.2) is 14.8 Å². The van der Waals surface area contributed by atoms with Gasteiger partial charge < -0.3 is 19.4 Å². The molecule has 148 valence electrons. The second-order valence-electron chi connectivity index (χ2n) is 7.06. The number of fused-ring (bicyclic) bond motifs is 1. The number of benzene rings is 1. The second kappa shape index (κ2) is 7.89. The van der Waals surface area contributed by atoms with E-state index in [9.17, 15) is 10.1 Å². The van der Waals surface area contributed by atoms with Crippen molar-refractivity contribution >= 4 is 22.8 Å². The normalized spacial score (nSPS) is 21.1. The summed E-state index contributed by atoms with van der Waals surface area (Å²) in [6, 6.07) is 11.1. The first-order valence-electron chi connectivity index (χ1n) is 9.43. The highest BCUT2D eigenvalue weighted by Gasteiger charge is 2.35. The van der Waals surface area contributed by atoms with Crippen molar-refractivity contribution in [3.05, 3.63) is 54.0 Å². The van der Waals surface area contributed by atoms with Crippen molar-refractivity contribution in [1.29, 1.82) is 5.26 Å². The number of ether oxygens (including phenoxy) is 2. The molecule has 0 radical (unpaired) electrons. The van der Waals surface area contributed by atoms with E-state index < -0.39 is 0 Å². The summed E-state index contributed by atoms with van der Waals surface area (Å²) in [6.45, 7) is 2.25. The quantitative estimate of drug-likeness (QED) is 0.667. The van der Waals surface area contributed by atoms with Crippen LogP contribution in [0.3, 0.4) is 0 Å². The lowest BCUT2D eigenvalue weighted by atomic mass is 10.1. The van der Waals surface area contributed by atoms with Crippen LogP contribution in [0.15, 0.2) is 42.9 Å². The third kappa shape index (κ3) is 3.52. The van der Waals surface area contributed by atoms with Gasteiger partial charge in [0.1, 0.15) is 36.7 Å². The van der Waals surface area contributed by atoms with Crippen LogP contribution in [0, 0.1) is 17.2 Å². The van der Waals surface area contributed by atoms with E-state index in [2.05, 4.69) is 28.3 Å². The molecule has 8 heteroatoms. The Labute approximate surface area is 168 Å². The molecule has 1 aliphatic heterocycles. The lowest BCUT2D eigenvalue weighted by Crippen LogP contribution is -2.19. The van der Waals surface area contributed by atoms with Crippen LogP contribution in [-0.4, -0.2) is 40.3 Å². The predicted octanol–water partition coefficient (Wildman–Crippen LogP) is 3.13. The molecule has 1 aliphatic rings. The maximum Gasteiger partial charge on any atom is 0.338 e. The van der Waals surface area contributed by atoms with Crippen LogP contribution < -0.4 is 5.32 Å². The molecule has 4 rings (SSSR count). The topological polar surface area (TPSA) is 102 Å². The predicted molar refractivity (Wildman–Crippen MR) is 106 cm³/mol. The molecule has 1 fully saturated rings. The molecule has 29 heavy (non-hydrogen) atoms. The van der Waals surface area contributed by atoms with Crippen LogP contribution in [0.4, 0.5) is 5.82 Å². The van der Waals surface area contributed by atoms with Gasteiger partial charge >= 0.3 is 5.97 Å². The van der Waals surface area contributed by atoms with Crippen molar-refractivity contribution in [2.75, 3.05) is 19.0 Å². The first-order valence-corrected chi connectivity index (χ1v) is 9.43. The van der Waals surface area contributed by atoms with Crippen molar-refractivity contribution in [3.8, 4) is 6.07 Å². The van der Waals surface area contributed by atoms with Gasteiger partial charge in [-0.1, -0.05) is 25.1 Å². The van der Waals surface area contributed by atoms with E-state index in [0.717, 1.165) is 6.42 Å². The van der Waals surface area contributed by atoms with Crippen LogP contribution >= 0.6 is 0 Å². The minimum absolute atomic E-state index is 0.158. The largest absolute Gasteiger partial charge is 0.459 e. The zero-order valence-electron chi connectivity index (χ0n) is 16.2. The number of nitriles is 1. The number of carbonyl (C=O) groups is 1. The van der Waals surface area contributed by atoms with Gasteiger partial charge in [-0.2, -0.15) is 5.26 Å². The molecule has 3 unspecified atom stereocenters. The van der Waals surface area contributed by atoms with E-state index in [1.54, 1.807) is 37.5 Å². The Bertz CT molecular complexity index is 1070. The average Bonchev–Trinajstić information content (AvgIpc) is 3.32. The number of carbonyl (C=O) groups excluding carboxylic acids is 1. The van der Waals surface area contributed by atoms with Crippen molar-refractivity contribution in [2.45, 2.75) is 25.7 Å². The fourth-order valence-corrected chi connectivity index (χ4v) is 3.74. The SMILES string of the molecule is CNc1ncnc2c1c(C#N)cn2C1OC(COC(=O)c2ccccc2)CC1C. The summed E-state index contributed by atoms with van der Waals surface area (Å²) in [5, 5.41) is 13.2. The molecule has 0 saturated carbocycles. The standard InChI is InChI=1S/C21H21N5O3/c1-13-8-16(11-28-21(27)14-6-4-3-5-7-14)29-20(13)26-10-15(9-22)17-18(23-2)24-12-25-19(17)26/h3-7,10,12-13,16,20H,8,11H2,1-2H3,(H,23,24,25). The molecule has 3 aromatic rings. The van der Waals surface area contributed by atoms with E-state index in [1.165, 1.54) is 6.33 Å². The maximum absolute atomic E-state index is 12.2. The Balaban J connectivity index is 1.52. The lowest BCUT2D eigenvalue weighted by molar-refractivity contribution is -0.0374. The van der Waals surface area contributed by atoms with E-state index in [0.29, 0.717) is 28.0 Å². The van der Waals surface area contributed by atoms with Crippen LogP contribution in [-0.2, 0) is 9.47 Å². The summed E-state index contributed by atoms with van der Waals surface area (Å²) in [7, 11) is 1.76. The number of hydrogen-bond acceptors (Lipinski definition) is 7. The fraction of sp³-hybridized carbons (Fsp3) is 0.333. The number of nitrogens with zero attached hydrogens (tertiary/aromatic N) is 4. The molecular weight excluding hydrogens is 370 g/mol. The van der Waals surface area contributed by atoms with Crippen LogP contribution in [0.5, 0.6) is 0 Å². The number of esters is 1. The molecule has 0 amide bonds. The van der Waals surface area contributed by atoms with Gasteiger partial charge in [-0.05, 0) is 18.6 Å². The van der Waals surface area contributed by atoms with Crippen molar-refractivity contribution in [1.82, 2.24) is 14.5 Å². The van der Waals surface area contributed by atoms with Gasteiger partial charge in [-0.3, -0.25) is 0 Å². The molecule has 2 aromatic heterocycles. The summed E-state index contributed by atoms with van der Waals surface area (Å²) >= 11 is 0. The van der Waals surface area contributed by atoms with E-state index in [1.807, 2.05) is 10.6 Å². The van der Waals surface area contributed by atoms with Crippen LogP contribution in [0.2, 0.25) is 0 Å². The fourth-order valence-electron chi connectivity index (χ4n) is 3.74. The van der Waals surface area contributed by atoms with Gasteiger partial charge in [-0.15, -0.1) is 0 Å². The summed E-state index contributed by atoms with van der Waals surface area (Å²) in [5.74, 6) is 0.393. The monoisotopic (exact) mass is 391 g/mol.